The fraction of sp³-hybridized carbons (Fsp3) is 0.455. The first-order chi connectivity index (χ1) is 6.74. The third kappa shape index (κ3) is 5.62. The number of nitrogens with two attached hydrogens (primary N) is 1. The molecule has 0 unspecified atom stereocenters. The first kappa shape index (κ1) is 15.0. The Balaban J connectivity index is 0.00000196. The number of benzene rings is 1. The quantitative estimate of drug-likeness (QED) is 0.716. The maximum absolute atomic E-state index is 5.91. The molecule has 0 saturated carbocycles. The number of hydrogen-bond acceptors (Lipinski definition) is 0. The lowest BCUT2D eigenvalue weighted by Gasteiger charge is -2.02. The summed E-state index contributed by atoms with van der Waals surface area (Å²) >= 11 is 11.7. The normalized spacial score (nSPS) is 9.80. The van der Waals surface area contributed by atoms with Gasteiger partial charge in [-0.3, -0.25) is 0 Å². The van der Waals surface area contributed by atoms with Gasteiger partial charge in [0.2, 0.25) is 0 Å². The lowest BCUT2D eigenvalue weighted by atomic mass is 10.2. The molecule has 0 amide bonds. The Morgan fingerprint density at radius 2 is 1.93 bits per heavy atom. The summed E-state index contributed by atoms with van der Waals surface area (Å²) in [6.45, 7) is 4.36. The van der Waals surface area contributed by atoms with Crippen LogP contribution in [-0.4, -0.2) is 6.54 Å². The number of hydrogen-bond donors (Lipinski definition) is 1. The SMILES string of the molecule is CCCC[NH2+]Cc1ccc(Cl)c(Cl)c1.[Cl-]. The van der Waals surface area contributed by atoms with Crippen LogP contribution in [0.3, 0.4) is 0 Å². The zero-order valence-corrected chi connectivity index (χ0v) is 11.0. The predicted octanol–water partition coefficient (Wildman–Crippen LogP) is -0.139. The minimum absolute atomic E-state index is 0. The molecule has 0 heterocycles. The summed E-state index contributed by atoms with van der Waals surface area (Å²) in [4.78, 5) is 0. The van der Waals surface area contributed by atoms with Crippen LogP contribution in [0.15, 0.2) is 18.2 Å². The Hall–Kier alpha value is 0.0500. The third-order valence-electron chi connectivity index (χ3n) is 2.13. The van der Waals surface area contributed by atoms with Crippen molar-refractivity contribution in [1.82, 2.24) is 0 Å². The van der Waals surface area contributed by atoms with Crippen LogP contribution < -0.4 is 17.7 Å². The fourth-order valence-corrected chi connectivity index (χ4v) is 1.60. The highest BCUT2D eigenvalue weighted by Crippen LogP contribution is 2.21. The van der Waals surface area contributed by atoms with Gasteiger partial charge in [0.15, 0.2) is 0 Å². The summed E-state index contributed by atoms with van der Waals surface area (Å²) in [5.41, 5.74) is 1.23. The van der Waals surface area contributed by atoms with Crippen LogP contribution in [0.25, 0.3) is 0 Å². The van der Waals surface area contributed by atoms with Crippen LogP contribution >= 0.6 is 23.2 Å². The van der Waals surface area contributed by atoms with E-state index in [0.29, 0.717) is 10.0 Å². The van der Waals surface area contributed by atoms with Gasteiger partial charge in [-0.2, -0.15) is 0 Å². The Labute approximate surface area is 108 Å². The van der Waals surface area contributed by atoms with Gasteiger partial charge in [0.25, 0.3) is 0 Å². The van der Waals surface area contributed by atoms with E-state index in [1.807, 2.05) is 18.2 Å². The van der Waals surface area contributed by atoms with E-state index in [4.69, 9.17) is 23.2 Å². The number of rotatable bonds is 5. The number of quaternary nitrogens is 1. The topological polar surface area (TPSA) is 16.6 Å². The fourth-order valence-electron chi connectivity index (χ4n) is 1.28. The first-order valence-electron chi connectivity index (χ1n) is 4.99. The van der Waals surface area contributed by atoms with E-state index in [2.05, 4.69) is 12.2 Å². The maximum atomic E-state index is 5.91. The lowest BCUT2D eigenvalue weighted by molar-refractivity contribution is -0.670. The second kappa shape index (κ2) is 8.23. The highest BCUT2D eigenvalue weighted by molar-refractivity contribution is 6.41. The highest BCUT2D eigenvalue weighted by Gasteiger charge is 2.00. The molecule has 0 bridgehead atoms. The number of halogens is 3. The van der Waals surface area contributed by atoms with Crippen LogP contribution in [0.1, 0.15) is 25.3 Å². The summed E-state index contributed by atoms with van der Waals surface area (Å²) in [6.07, 6.45) is 2.51. The lowest BCUT2D eigenvalue weighted by Crippen LogP contribution is -3.00. The van der Waals surface area contributed by atoms with Crippen LogP contribution in [0.5, 0.6) is 0 Å². The molecule has 0 aromatic heterocycles. The molecule has 2 N–H and O–H groups in total. The summed E-state index contributed by atoms with van der Waals surface area (Å²) in [5, 5.41) is 3.57. The van der Waals surface area contributed by atoms with Gasteiger partial charge in [0.05, 0.1) is 16.6 Å². The molecular formula is C11H16Cl3N. The molecule has 0 saturated heterocycles. The monoisotopic (exact) mass is 267 g/mol. The van der Waals surface area contributed by atoms with E-state index in [1.54, 1.807) is 0 Å². The summed E-state index contributed by atoms with van der Waals surface area (Å²) in [5.74, 6) is 0. The molecule has 0 aliphatic heterocycles. The van der Waals surface area contributed by atoms with Gasteiger partial charge in [-0.05, 0) is 18.6 Å². The molecule has 4 heteroatoms. The van der Waals surface area contributed by atoms with Crippen molar-refractivity contribution in [1.29, 1.82) is 0 Å². The zero-order chi connectivity index (χ0) is 10.4. The molecule has 15 heavy (non-hydrogen) atoms. The Morgan fingerprint density at radius 1 is 1.20 bits per heavy atom. The average molecular weight is 269 g/mol. The largest absolute Gasteiger partial charge is 1.00 e. The third-order valence-corrected chi connectivity index (χ3v) is 2.86. The maximum Gasteiger partial charge on any atom is 0.101 e. The molecule has 1 aromatic carbocycles. The molecule has 0 aliphatic carbocycles. The van der Waals surface area contributed by atoms with Crippen molar-refractivity contribution >= 4 is 23.2 Å². The minimum Gasteiger partial charge on any atom is -1.00 e. The van der Waals surface area contributed by atoms with E-state index in [1.165, 1.54) is 24.9 Å². The summed E-state index contributed by atoms with van der Waals surface area (Å²) in [6, 6.07) is 5.82. The Kier molecular flexibility index (Phi) is 8.26. The van der Waals surface area contributed by atoms with Crippen molar-refractivity contribution in [3.63, 3.8) is 0 Å². The van der Waals surface area contributed by atoms with Gasteiger partial charge in [-0.25, -0.2) is 0 Å². The number of unbranched alkanes of at least 4 members (excludes halogenated alkanes) is 1. The van der Waals surface area contributed by atoms with Crippen molar-refractivity contribution in [2.24, 2.45) is 0 Å². The molecule has 1 rings (SSSR count). The van der Waals surface area contributed by atoms with Crippen molar-refractivity contribution in [3.05, 3.63) is 33.8 Å². The summed E-state index contributed by atoms with van der Waals surface area (Å²) < 4.78 is 0. The van der Waals surface area contributed by atoms with Gasteiger partial charge >= 0.3 is 0 Å². The van der Waals surface area contributed by atoms with Gasteiger partial charge in [-0.1, -0.05) is 42.6 Å². The van der Waals surface area contributed by atoms with Crippen LogP contribution in [0.2, 0.25) is 10.0 Å². The zero-order valence-electron chi connectivity index (χ0n) is 8.77. The Morgan fingerprint density at radius 3 is 2.53 bits per heavy atom. The van der Waals surface area contributed by atoms with Crippen LogP contribution in [0, 0.1) is 0 Å². The molecule has 0 radical (unpaired) electrons. The molecule has 86 valence electrons. The molecule has 0 fully saturated rings. The van der Waals surface area contributed by atoms with Crippen molar-refractivity contribution in [2.45, 2.75) is 26.3 Å². The molecule has 0 spiro atoms. The minimum atomic E-state index is 0. The van der Waals surface area contributed by atoms with E-state index in [-0.39, 0.29) is 12.4 Å². The van der Waals surface area contributed by atoms with Gasteiger partial charge in [0.1, 0.15) is 6.54 Å². The van der Waals surface area contributed by atoms with E-state index >= 15 is 0 Å². The molecule has 0 aliphatic rings. The van der Waals surface area contributed by atoms with Crippen molar-refractivity contribution in [3.8, 4) is 0 Å². The standard InChI is InChI=1S/C11H15Cl2N.ClH/c1-2-3-6-14-8-9-4-5-10(12)11(13)7-9;/h4-5,7,14H,2-3,6,8H2,1H3;1H. The second-order valence-electron chi connectivity index (χ2n) is 3.38. The van der Waals surface area contributed by atoms with Crippen molar-refractivity contribution in [2.75, 3.05) is 6.54 Å². The average Bonchev–Trinajstić information content (AvgIpc) is 2.18. The highest BCUT2D eigenvalue weighted by atomic mass is 35.5. The van der Waals surface area contributed by atoms with Gasteiger partial charge < -0.3 is 17.7 Å². The van der Waals surface area contributed by atoms with E-state index in [9.17, 15) is 0 Å². The van der Waals surface area contributed by atoms with E-state index in [0.717, 1.165) is 6.54 Å². The Bertz CT molecular complexity index is 289. The molecule has 1 nitrogen and oxygen atoms in total. The predicted molar refractivity (Wildman–Crippen MR) is 61.9 cm³/mol. The van der Waals surface area contributed by atoms with Crippen LogP contribution in [-0.2, 0) is 6.54 Å². The van der Waals surface area contributed by atoms with Gasteiger partial charge in [0, 0.05) is 5.56 Å². The van der Waals surface area contributed by atoms with Gasteiger partial charge in [-0.15, -0.1) is 0 Å². The first-order valence-corrected chi connectivity index (χ1v) is 5.75. The second-order valence-corrected chi connectivity index (χ2v) is 4.20. The molecular weight excluding hydrogens is 252 g/mol. The van der Waals surface area contributed by atoms with Crippen molar-refractivity contribution < 1.29 is 17.7 Å². The van der Waals surface area contributed by atoms with Crippen LogP contribution in [0.4, 0.5) is 0 Å². The summed E-state index contributed by atoms with van der Waals surface area (Å²) in [7, 11) is 0. The molecule has 0 atom stereocenters. The molecule has 1 aromatic rings. The van der Waals surface area contributed by atoms with E-state index < -0.39 is 0 Å². The smallest absolute Gasteiger partial charge is 0.101 e.